The zero-order valence-electron chi connectivity index (χ0n) is 13.6. The van der Waals surface area contributed by atoms with E-state index in [1.165, 1.54) is 24.6 Å². The maximum atomic E-state index is 12.1. The molecular weight excluding hydrogens is 382 g/mol. The Balaban J connectivity index is 1.75. The van der Waals surface area contributed by atoms with E-state index in [1.54, 1.807) is 23.1 Å². The minimum absolute atomic E-state index is 0.0159. The second-order valence-corrected chi connectivity index (χ2v) is 9.14. The van der Waals surface area contributed by atoms with Crippen molar-refractivity contribution in [3.8, 4) is 0 Å². The molecule has 4 nitrogen and oxygen atoms in total. The third kappa shape index (κ3) is 6.63. The van der Waals surface area contributed by atoms with Crippen molar-refractivity contribution in [2.45, 2.75) is 41.4 Å². The number of hydrogen-bond acceptors (Lipinski definition) is 6. The van der Waals surface area contributed by atoms with E-state index >= 15 is 0 Å². The van der Waals surface area contributed by atoms with Crippen LogP contribution < -0.4 is 5.32 Å². The molecule has 1 amide bonds. The van der Waals surface area contributed by atoms with E-state index in [4.69, 9.17) is 11.6 Å². The molecule has 0 radical (unpaired) electrons. The predicted molar refractivity (Wildman–Crippen MR) is 104 cm³/mol. The second-order valence-electron chi connectivity index (χ2n) is 5.17. The van der Waals surface area contributed by atoms with E-state index in [0.29, 0.717) is 10.8 Å². The quantitative estimate of drug-likeness (QED) is 0.470. The van der Waals surface area contributed by atoms with Gasteiger partial charge in [-0.1, -0.05) is 71.9 Å². The van der Waals surface area contributed by atoms with E-state index in [-0.39, 0.29) is 11.9 Å². The minimum Gasteiger partial charge on any atom is -0.349 e. The maximum Gasteiger partial charge on any atom is 0.230 e. The molecule has 2 rings (SSSR count). The molecule has 0 fully saturated rings. The molecule has 1 aromatic heterocycles. The molecule has 0 saturated carbocycles. The first-order valence-corrected chi connectivity index (χ1v) is 10.9. The topological polar surface area (TPSA) is 54.9 Å². The van der Waals surface area contributed by atoms with E-state index in [9.17, 15) is 4.79 Å². The van der Waals surface area contributed by atoms with Crippen LogP contribution in [0.4, 0.5) is 0 Å². The number of unbranched alkanes of at least 4 members (excludes halogenated alkanes) is 1. The van der Waals surface area contributed by atoms with Gasteiger partial charge >= 0.3 is 0 Å². The van der Waals surface area contributed by atoms with Crippen LogP contribution in [-0.2, 0) is 4.79 Å². The molecule has 1 N–H and O–H groups in total. The Morgan fingerprint density at radius 2 is 1.92 bits per heavy atom. The van der Waals surface area contributed by atoms with Crippen LogP contribution in [0.3, 0.4) is 0 Å². The van der Waals surface area contributed by atoms with Crippen LogP contribution in [0, 0.1) is 0 Å². The Labute approximate surface area is 160 Å². The van der Waals surface area contributed by atoms with Gasteiger partial charge in [0.05, 0.1) is 11.8 Å². The Morgan fingerprint density at radius 3 is 2.58 bits per heavy atom. The summed E-state index contributed by atoms with van der Waals surface area (Å²) in [5.41, 5.74) is 1.03. The number of nitrogens with one attached hydrogen (secondary N) is 1. The lowest BCUT2D eigenvalue weighted by atomic mass is 10.1. The molecule has 8 heteroatoms. The molecule has 130 valence electrons. The summed E-state index contributed by atoms with van der Waals surface area (Å²) in [7, 11) is 0. The molecule has 24 heavy (non-hydrogen) atoms. The fourth-order valence-electron chi connectivity index (χ4n) is 1.86. The number of carbonyl (C=O) groups excluding carboxylic acids is 1. The van der Waals surface area contributed by atoms with Gasteiger partial charge in [0.1, 0.15) is 0 Å². The summed E-state index contributed by atoms with van der Waals surface area (Å²) >= 11 is 10.6. The average Bonchev–Trinajstić information content (AvgIpc) is 3.02. The zero-order valence-corrected chi connectivity index (χ0v) is 16.8. The minimum atomic E-state index is -0.0510. The number of rotatable bonds is 9. The lowest BCUT2D eigenvalue weighted by Crippen LogP contribution is -2.28. The van der Waals surface area contributed by atoms with Crippen molar-refractivity contribution in [2.24, 2.45) is 0 Å². The van der Waals surface area contributed by atoms with Crippen LogP contribution in [0.2, 0.25) is 5.02 Å². The van der Waals surface area contributed by atoms with Crippen molar-refractivity contribution < 1.29 is 4.79 Å². The van der Waals surface area contributed by atoms with Crippen molar-refractivity contribution in [3.05, 3.63) is 34.9 Å². The second kappa shape index (κ2) is 10.3. The van der Waals surface area contributed by atoms with Gasteiger partial charge in [-0.15, -0.1) is 10.2 Å². The summed E-state index contributed by atoms with van der Waals surface area (Å²) in [5.74, 6) is 1.39. The highest BCUT2D eigenvalue weighted by molar-refractivity contribution is 8.03. The Bertz CT molecular complexity index is 648. The van der Waals surface area contributed by atoms with Crippen molar-refractivity contribution in [1.29, 1.82) is 0 Å². The number of aromatic nitrogens is 2. The van der Waals surface area contributed by atoms with Crippen LogP contribution in [0.1, 0.15) is 38.3 Å². The third-order valence-electron chi connectivity index (χ3n) is 3.19. The average molecular weight is 402 g/mol. The first kappa shape index (κ1) is 19.6. The van der Waals surface area contributed by atoms with Crippen molar-refractivity contribution >= 4 is 52.4 Å². The van der Waals surface area contributed by atoms with Crippen molar-refractivity contribution in [2.75, 3.05) is 11.5 Å². The molecule has 0 spiro atoms. The number of benzene rings is 1. The lowest BCUT2D eigenvalue weighted by molar-refractivity contribution is -0.119. The molecule has 2 aromatic rings. The number of thioether (sulfide) groups is 2. The molecule has 0 aliphatic rings. The molecule has 0 bridgehead atoms. The third-order valence-corrected chi connectivity index (χ3v) is 6.71. The largest absolute Gasteiger partial charge is 0.349 e. The lowest BCUT2D eigenvalue weighted by Gasteiger charge is -2.13. The summed E-state index contributed by atoms with van der Waals surface area (Å²) in [6.45, 7) is 4.13. The van der Waals surface area contributed by atoms with E-state index in [1.807, 2.05) is 31.2 Å². The molecule has 0 aliphatic heterocycles. The standard InChI is InChI=1S/C16H20ClN3OS3/c1-3-4-9-22-15-19-20-16(24-15)23-10-14(21)18-11(2)12-5-7-13(17)8-6-12/h5-8,11H,3-4,9-10H2,1-2H3,(H,18,21). The van der Waals surface area contributed by atoms with E-state index < -0.39 is 0 Å². The van der Waals surface area contributed by atoms with Crippen LogP contribution >= 0.6 is 46.5 Å². The molecule has 1 aromatic carbocycles. The summed E-state index contributed by atoms with van der Waals surface area (Å²) in [6.07, 6.45) is 2.36. The van der Waals surface area contributed by atoms with Gasteiger partial charge in [0.15, 0.2) is 8.68 Å². The first-order chi connectivity index (χ1) is 11.6. The maximum absolute atomic E-state index is 12.1. The predicted octanol–water partition coefficient (Wildman–Crippen LogP) is 5.05. The fourth-order valence-corrected chi connectivity index (χ4v) is 4.97. The molecule has 1 heterocycles. The normalized spacial score (nSPS) is 12.1. The number of carbonyl (C=O) groups is 1. The molecule has 0 aliphatic carbocycles. The molecular formula is C16H20ClN3OS3. The number of amides is 1. The zero-order chi connectivity index (χ0) is 17.4. The summed E-state index contributed by atoms with van der Waals surface area (Å²) < 4.78 is 1.81. The van der Waals surface area contributed by atoms with Crippen molar-refractivity contribution in [1.82, 2.24) is 15.5 Å². The molecule has 1 atom stereocenters. The van der Waals surface area contributed by atoms with Gasteiger partial charge in [-0.25, -0.2) is 0 Å². The SMILES string of the molecule is CCCCSc1nnc(SCC(=O)NC(C)c2ccc(Cl)cc2)s1. The highest BCUT2D eigenvalue weighted by Crippen LogP contribution is 2.29. The molecule has 1 unspecified atom stereocenters. The van der Waals surface area contributed by atoms with Gasteiger partial charge in [-0.05, 0) is 31.0 Å². The van der Waals surface area contributed by atoms with Gasteiger partial charge in [0, 0.05) is 10.8 Å². The van der Waals surface area contributed by atoms with Crippen LogP contribution in [-0.4, -0.2) is 27.6 Å². The smallest absolute Gasteiger partial charge is 0.230 e. The number of halogens is 1. The van der Waals surface area contributed by atoms with Gasteiger partial charge in [-0.3, -0.25) is 4.79 Å². The van der Waals surface area contributed by atoms with Crippen LogP contribution in [0.5, 0.6) is 0 Å². The Hall–Kier alpha value is -0.760. The van der Waals surface area contributed by atoms with Gasteiger partial charge in [-0.2, -0.15) is 0 Å². The van der Waals surface area contributed by atoms with E-state index in [2.05, 4.69) is 22.4 Å². The molecule has 0 saturated heterocycles. The van der Waals surface area contributed by atoms with Gasteiger partial charge < -0.3 is 5.32 Å². The van der Waals surface area contributed by atoms with E-state index in [0.717, 1.165) is 20.0 Å². The summed E-state index contributed by atoms with van der Waals surface area (Å²) in [6, 6.07) is 7.45. The highest BCUT2D eigenvalue weighted by atomic mass is 35.5. The monoisotopic (exact) mass is 401 g/mol. The van der Waals surface area contributed by atoms with Crippen LogP contribution in [0.15, 0.2) is 32.9 Å². The first-order valence-electron chi connectivity index (χ1n) is 7.72. The van der Waals surface area contributed by atoms with Gasteiger partial charge in [0.25, 0.3) is 0 Å². The Morgan fingerprint density at radius 1 is 1.25 bits per heavy atom. The fraction of sp³-hybridized carbons (Fsp3) is 0.438. The van der Waals surface area contributed by atoms with Gasteiger partial charge in [0.2, 0.25) is 5.91 Å². The summed E-state index contributed by atoms with van der Waals surface area (Å²) in [5, 5.41) is 12.0. The number of hydrogen-bond donors (Lipinski definition) is 1. The van der Waals surface area contributed by atoms with Crippen LogP contribution in [0.25, 0.3) is 0 Å². The van der Waals surface area contributed by atoms with Crippen molar-refractivity contribution in [3.63, 3.8) is 0 Å². The number of nitrogens with zero attached hydrogens (tertiary/aromatic N) is 2. The summed E-state index contributed by atoms with van der Waals surface area (Å²) in [4.78, 5) is 12.1. The highest BCUT2D eigenvalue weighted by Gasteiger charge is 2.12. The Kier molecular flexibility index (Phi) is 8.38.